The molecule has 1 aromatic carbocycles. The molecule has 1 N–H and O–H groups in total. The standard InChI is InChI=1S/C14H16FN3O2/c1-9(2)14-18-17-13(20-14)8-7-12(19)16-11-6-4-3-5-10(11)15/h3-6,9H,7-8H2,1-2H3,(H,16,19). The van der Waals surface area contributed by atoms with E-state index in [4.69, 9.17) is 4.42 Å². The molecule has 20 heavy (non-hydrogen) atoms. The van der Waals surface area contributed by atoms with Crippen LogP contribution >= 0.6 is 0 Å². The Hall–Kier alpha value is -2.24. The molecule has 0 aliphatic carbocycles. The van der Waals surface area contributed by atoms with Gasteiger partial charge in [-0.1, -0.05) is 26.0 Å². The first-order valence-electron chi connectivity index (χ1n) is 6.43. The van der Waals surface area contributed by atoms with Gasteiger partial charge in [0, 0.05) is 18.8 Å². The van der Waals surface area contributed by atoms with Crippen LogP contribution in [0.2, 0.25) is 0 Å². The molecule has 1 aromatic heterocycles. The SMILES string of the molecule is CC(C)c1nnc(CCC(=O)Nc2ccccc2F)o1. The maximum absolute atomic E-state index is 13.3. The van der Waals surface area contributed by atoms with Gasteiger partial charge in [-0.3, -0.25) is 4.79 Å². The van der Waals surface area contributed by atoms with E-state index in [9.17, 15) is 9.18 Å². The van der Waals surface area contributed by atoms with Crippen LogP contribution in [0.15, 0.2) is 28.7 Å². The Bertz CT molecular complexity index is 596. The van der Waals surface area contributed by atoms with Gasteiger partial charge in [-0.15, -0.1) is 10.2 Å². The van der Waals surface area contributed by atoms with Gasteiger partial charge < -0.3 is 9.73 Å². The molecule has 2 rings (SSSR count). The number of carbonyl (C=O) groups excluding carboxylic acids is 1. The Labute approximate surface area is 116 Å². The molecular formula is C14H16FN3O2. The fourth-order valence-corrected chi connectivity index (χ4v) is 1.60. The topological polar surface area (TPSA) is 68.0 Å². The Morgan fingerprint density at radius 2 is 2.10 bits per heavy atom. The molecule has 0 aliphatic heterocycles. The van der Waals surface area contributed by atoms with E-state index in [-0.39, 0.29) is 23.9 Å². The first-order chi connectivity index (χ1) is 9.56. The minimum Gasteiger partial charge on any atom is -0.425 e. The van der Waals surface area contributed by atoms with Gasteiger partial charge in [0.1, 0.15) is 5.82 Å². The van der Waals surface area contributed by atoms with Gasteiger partial charge >= 0.3 is 0 Å². The molecule has 6 heteroatoms. The predicted octanol–water partition coefficient (Wildman–Crippen LogP) is 2.90. The monoisotopic (exact) mass is 277 g/mol. The summed E-state index contributed by atoms with van der Waals surface area (Å²) in [6, 6.07) is 6.03. The molecule has 0 unspecified atom stereocenters. The van der Waals surface area contributed by atoms with Crippen LogP contribution in [0.5, 0.6) is 0 Å². The highest BCUT2D eigenvalue weighted by Gasteiger charge is 2.12. The van der Waals surface area contributed by atoms with Gasteiger partial charge in [-0.2, -0.15) is 0 Å². The maximum Gasteiger partial charge on any atom is 0.224 e. The van der Waals surface area contributed by atoms with Crippen molar-refractivity contribution in [2.24, 2.45) is 0 Å². The summed E-state index contributed by atoms with van der Waals surface area (Å²) < 4.78 is 18.7. The van der Waals surface area contributed by atoms with E-state index in [1.807, 2.05) is 13.8 Å². The number of aryl methyl sites for hydroxylation is 1. The van der Waals surface area contributed by atoms with Crippen LogP contribution in [0, 0.1) is 5.82 Å². The van der Waals surface area contributed by atoms with Crippen LogP contribution in [-0.4, -0.2) is 16.1 Å². The predicted molar refractivity (Wildman–Crippen MR) is 71.7 cm³/mol. The minimum atomic E-state index is -0.458. The van der Waals surface area contributed by atoms with Crippen LogP contribution in [-0.2, 0) is 11.2 Å². The van der Waals surface area contributed by atoms with Gasteiger partial charge in [-0.05, 0) is 12.1 Å². The number of hydrogen-bond acceptors (Lipinski definition) is 4. The Morgan fingerprint density at radius 3 is 2.75 bits per heavy atom. The number of carbonyl (C=O) groups is 1. The number of nitrogens with zero attached hydrogens (tertiary/aromatic N) is 2. The largest absolute Gasteiger partial charge is 0.425 e. The number of rotatable bonds is 5. The molecule has 0 fully saturated rings. The minimum absolute atomic E-state index is 0.156. The molecule has 2 aromatic rings. The normalized spacial score (nSPS) is 10.8. The summed E-state index contributed by atoms with van der Waals surface area (Å²) >= 11 is 0. The van der Waals surface area contributed by atoms with Crippen LogP contribution in [0.3, 0.4) is 0 Å². The number of aromatic nitrogens is 2. The van der Waals surface area contributed by atoms with E-state index in [0.717, 1.165) is 0 Å². The zero-order valence-electron chi connectivity index (χ0n) is 11.4. The van der Waals surface area contributed by atoms with E-state index in [1.165, 1.54) is 12.1 Å². The lowest BCUT2D eigenvalue weighted by Gasteiger charge is -2.04. The average Bonchev–Trinajstić information content (AvgIpc) is 2.88. The molecule has 0 atom stereocenters. The van der Waals surface area contributed by atoms with Gasteiger partial charge in [0.15, 0.2) is 0 Å². The second-order valence-electron chi connectivity index (χ2n) is 4.72. The number of benzene rings is 1. The third kappa shape index (κ3) is 3.63. The molecule has 0 saturated heterocycles. The third-order valence-corrected chi connectivity index (χ3v) is 2.69. The Morgan fingerprint density at radius 1 is 1.35 bits per heavy atom. The van der Waals surface area contributed by atoms with Crippen LogP contribution in [0.25, 0.3) is 0 Å². The van der Waals surface area contributed by atoms with Gasteiger partial charge in [-0.25, -0.2) is 4.39 Å². The fourth-order valence-electron chi connectivity index (χ4n) is 1.60. The Kier molecular flexibility index (Phi) is 4.45. The second-order valence-corrected chi connectivity index (χ2v) is 4.72. The van der Waals surface area contributed by atoms with E-state index in [2.05, 4.69) is 15.5 Å². The highest BCUT2D eigenvalue weighted by molar-refractivity contribution is 5.90. The summed E-state index contributed by atoms with van der Waals surface area (Å²) in [5.74, 6) is 0.371. The summed E-state index contributed by atoms with van der Waals surface area (Å²) in [5, 5.41) is 10.3. The number of halogens is 1. The molecule has 0 radical (unpaired) electrons. The summed E-state index contributed by atoms with van der Waals surface area (Å²) in [7, 11) is 0. The van der Waals surface area contributed by atoms with E-state index < -0.39 is 5.82 Å². The highest BCUT2D eigenvalue weighted by atomic mass is 19.1. The van der Waals surface area contributed by atoms with Crippen molar-refractivity contribution in [2.75, 3.05) is 5.32 Å². The molecule has 0 bridgehead atoms. The first kappa shape index (κ1) is 14.2. The zero-order chi connectivity index (χ0) is 14.5. The number of hydrogen-bond donors (Lipinski definition) is 1. The molecule has 0 spiro atoms. The third-order valence-electron chi connectivity index (χ3n) is 2.69. The van der Waals surface area contributed by atoms with Crippen LogP contribution in [0.4, 0.5) is 10.1 Å². The van der Waals surface area contributed by atoms with Crippen LogP contribution < -0.4 is 5.32 Å². The molecule has 5 nitrogen and oxygen atoms in total. The highest BCUT2D eigenvalue weighted by Crippen LogP contribution is 2.15. The molecule has 0 saturated carbocycles. The first-order valence-corrected chi connectivity index (χ1v) is 6.43. The van der Waals surface area contributed by atoms with Crippen molar-refractivity contribution in [3.63, 3.8) is 0 Å². The molecule has 106 valence electrons. The Balaban J connectivity index is 1.87. The summed E-state index contributed by atoms with van der Waals surface area (Å²) in [5.41, 5.74) is 0.172. The number of para-hydroxylation sites is 1. The van der Waals surface area contributed by atoms with Gasteiger partial charge in [0.05, 0.1) is 5.69 Å². The van der Waals surface area contributed by atoms with Gasteiger partial charge in [0.25, 0.3) is 0 Å². The zero-order valence-corrected chi connectivity index (χ0v) is 11.4. The molecule has 1 amide bonds. The molecular weight excluding hydrogens is 261 g/mol. The van der Waals surface area contributed by atoms with E-state index >= 15 is 0 Å². The molecule has 0 aliphatic rings. The molecule has 1 heterocycles. The van der Waals surface area contributed by atoms with Crippen molar-refractivity contribution < 1.29 is 13.6 Å². The lowest BCUT2D eigenvalue weighted by Crippen LogP contribution is -2.13. The summed E-state index contributed by atoms with van der Waals surface area (Å²) in [6.45, 7) is 3.89. The lowest BCUT2D eigenvalue weighted by molar-refractivity contribution is -0.116. The quantitative estimate of drug-likeness (QED) is 0.912. The van der Waals surface area contributed by atoms with Gasteiger partial charge in [0.2, 0.25) is 17.7 Å². The number of amides is 1. The number of anilines is 1. The number of nitrogens with one attached hydrogen (secondary N) is 1. The van der Waals surface area contributed by atoms with Crippen LogP contribution in [0.1, 0.15) is 38.0 Å². The van der Waals surface area contributed by atoms with Crippen molar-refractivity contribution in [3.8, 4) is 0 Å². The van der Waals surface area contributed by atoms with E-state index in [1.54, 1.807) is 12.1 Å². The van der Waals surface area contributed by atoms with Crippen molar-refractivity contribution in [2.45, 2.75) is 32.6 Å². The summed E-state index contributed by atoms with van der Waals surface area (Å²) in [4.78, 5) is 11.7. The van der Waals surface area contributed by atoms with E-state index in [0.29, 0.717) is 18.2 Å². The summed E-state index contributed by atoms with van der Waals surface area (Å²) in [6.07, 6.45) is 0.494. The van der Waals surface area contributed by atoms with Crippen molar-refractivity contribution in [1.82, 2.24) is 10.2 Å². The lowest BCUT2D eigenvalue weighted by atomic mass is 10.2. The smallest absolute Gasteiger partial charge is 0.224 e. The maximum atomic E-state index is 13.3. The van der Waals surface area contributed by atoms with Crippen molar-refractivity contribution in [1.29, 1.82) is 0 Å². The second kappa shape index (κ2) is 6.27. The fraction of sp³-hybridized carbons (Fsp3) is 0.357. The average molecular weight is 277 g/mol. The van der Waals surface area contributed by atoms with Crippen molar-refractivity contribution >= 4 is 11.6 Å². The van der Waals surface area contributed by atoms with Crippen molar-refractivity contribution in [3.05, 3.63) is 41.9 Å².